The Labute approximate surface area is 94.8 Å². The zero-order chi connectivity index (χ0) is 12.4. The van der Waals surface area contributed by atoms with Gasteiger partial charge in [0.1, 0.15) is 18.9 Å². The zero-order valence-electron chi connectivity index (χ0n) is 8.58. The van der Waals surface area contributed by atoms with Crippen LogP contribution in [0.15, 0.2) is 6.33 Å². The van der Waals surface area contributed by atoms with Gasteiger partial charge in [0.25, 0.3) is 5.91 Å². The normalized spacial score (nSPS) is 19.9. The van der Waals surface area contributed by atoms with E-state index in [0.717, 1.165) is 11.2 Å². The van der Waals surface area contributed by atoms with E-state index in [4.69, 9.17) is 5.11 Å². The number of nitrogens with one attached hydrogen (secondary N) is 2. The van der Waals surface area contributed by atoms with Crippen LogP contribution in [0.1, 0.15) is 10.6 Å². The van der Waals surface area contributed by atoms with Gasteiger partial charge >= 0.3 is 5.97 Å². The fraction of sp³-hybridized carbons (Fsp3) is 0.375. The van der Waals surface area contributed by atoms with E-state index in [9.17, 15) is 14.4 Å². The molecule has 1 fully saturated rings. The molecule has 1 atom stereocenters. The number of amides is 2. The highest BCUT2D eigenvalue weighted by atomic mass is 16.4. The van der Waals surface area contributed by atoms with Crippen molar-refractivity contribution < 1.29 is 19.5 Å². The third kappa shape index (κ3) is 2.07. The van der Waals surface area contributed by atoms with Gasteiger partial charge in [-0.3, -0.25) is 14.7 Å². The van der Waals surface area contributed by atoms with Crippen molar-refractivity contribution in [2.75, 3.05) is 13.1 Å². The smallest absolute Gasteiger partial charge is 0.328 e. The number of carboxylic acids is 1. The lowest BCUT2D eigenvalue weighted by molar-refractivity contribution is -0.144. The third-order valence-corrected chi connectivity index (χ3v) is 2.35. The summed E-state index contributed by atoms with van der Waals surface area (Å²) in [6, 6.07) is -1.09. The van der Waals surface area contributed by atoms with Gasteiger partial charge in [-0.1, -0.05) is 0 Å². The molecule has 90 valence electrons. The van der Waals surface area contributed by atoms with Crippen molar-refractivity contribution in [2.24, 2.45) is 0 Å². The van der Waals surface area contributed by atoms with E-state index in [0.29, 0.717) is 0 Å². The predicted octanol–water partition coefficient (Wildman–Crippen LogP) is -2.17. The van der Waals surface area contributed by atoms with E-state index in [-0.39, 0.29) is 18.9 Å². The van der Waals surface area contributed by atoms with Crippen molar-refractivity contribution >= 4 is 17.8 Å². The van der Waals surface area contributed by atoms with E-state index in [2.05, 4.69) is 20.5 Å². The summed E-state index contributed by atoms with van der Waals surface area (Å²) in [4.78, 5) is 38.6. The molecule has 17 heavy (non-hydrogen) atoms. The van der Waals surface area contributed by atoms with Crippen LogP contribution >= 0.6 is 0 Å². The summed E-state index contributed by atoms with van der Waals surface area (Å²) in [5, 5.41) is 17.2. The van der Waals surface area contributed by atoms with Crippen LogP contribution in [0, 0.1) is 0 Å². The van der Waals surface area contributed by atoms with Gasteiger partial charge in [0.05, 0.1) is 0 Å². The summed E-state index contributed by atoms with van der Waals surface area (Å²) in [5.41, 5.74) is 0. The maximum absolute atomic E-state index is 11.9. The molecule has 3 N–H and O–H groups in total. The molecule has 2 amide bonds. The molecule has 0 saturated carbocycles. The Morgan fingerprint density at radius 3 is 2.88 bits per heavy atom. The van der Waals surface area contributed by atoms with Crippen molar-refractivity contribution in [1.29, 1.82) is 0 Å². The first kappa shape index (κ1) is 11.0. The van der Waals surface area contributed by atoms with E-state index in [1.54, 1.807) is 0 Å². The minimum absolute atomic E-state index is 0.0917. The summed E-state index contributed by atoms with van der Waals surface area (Å²) in [5.74, 6) is -2.34. The largest absolute Gasteiger partial charge is 0.480 e. The third-order valence-electron chi connectivity index (χ3n) is 2.35. The van der Waals surface area contributed by atoms with Crippen LogP contribution in [0.5, 0.6) is 0 Å². The lowest BCUT2D eigenvalue weighted by Gasteiger charge is -2.31. The quantitative estimate of drug-likeness (QED) is 0.538. The number of piperazine rings is 1. The fourth-order valence-electron chi connectivity index (χ4n) is 1.52. The van der Waals surface area contributed by atoms with Crippen molar-refractivity contribution in [1.82, 2.24) is 25.4 Å². The van der Waals surface area contributed by atoms with Crippen LogP contribution in [-0.2, 0) is 9.59 Å². The highest BCUT2D eigenvalue weighted by molar-refractivity contribution is 5.97. The molecule has 2 rings (SSSR count). The van der Waals surface area contributed by atoms with Crippen molar-refractivity contribution in [3.63, 3.8) is 0 Å². The number of aromatic nitrogens is 3. The monoisotopic (exact) mass is 239 g/mol. The molecular formula is C8H9N5O4. The van der Waals surface area contributed by atoms with Gasteiger partial charge in [-0.05, 0) is 0 Å². The summed E-state index contributed by atoms with van der Waals surface area (Å²) in [6.45, 7) is -0.426. The molecule has 2 heterocycles. The fourth-order valence-corrected chi connectivity index (χ4v) is 1.52. The maximum Gasteiger partial charge on any atom is 0.328 e. The topological polar surface area (TPSA) is 128 Å². The Kier molecular flexibility index (Phi) is 2.73. The lowest BCUT2D eigenvalue weighted by Crippen LogP contribution is -2.59. The molecule has 9 nitrogen and oxygen atoms in total. The number of aliphatic carboxylic acids is 1. The molecule has 1 unspecified atom stereocenters. The Bertz CT molecular complexity index is 456. The summed E-state index contributed by atoms with van der Waals surface area (Å²) < 4.78 is 0. The number of hydrogen-bond donors (Lipinski definition) is 3. The minimum atomic E-state index is -1.18. The molecule has 0 bridgehead atoms. The highest BCUT2D eigenvalue weighted by Crippen LogP contribution is 2.08. The number of aromatic amines is 1. The average Bonchev–Trinajstić information content (AvgIpc) is 2.80. The van der Waals surface area contributed by atoms with Gasteiger partial charge in [0, 0.05) is 6.54 Å². The first-order valence-corrected chi connectivity index (χ1v) is 4.75. The Hall–Kier alpha value is -2.45. The highest BCUT2D eigenvalue weighted by Gasteiger charge is 2.36. The second-order valence-electron chi connectivity index (χ2n) is 3.43. The molecule has 0 spiro atoms. The molecule has 1 aliphatic heterocycles. The zero-order valence-corrected chi connectivity index (χ0v) is 8.58. The number of carboxylic acid groups (broad SMARTS) is 1. The number of hydrogen-bond acceptors (Lipinski definition) is 5. The van der Waals surface area contributed by atoms with Crippen molar-refractivity contribution in [3.05, 3.63) is 12.2 Å². The predicted molar refractivity (Wildman–Crippen MR) is 51.9 cm³/mol. The first-order chi connectivity index (χ1) is 8.09. The van der Waals surface area contributed by atoms with Gasteiger partial charge in [0.2, 0.25) is 11.7 Å². The van der Waals surface area contributed by atoms with E-state index in [1.165, 1.54) is 0 Å². The second-order valence-corrected chi connectivity index (χ2v) is 3.43. The average molecular weight is 239 g/mol. The summed E-state index contributed by atoms with van der Waals surface area (Å²) >= 11 is 0. The molecule has 1 aliphatic rings. The Morgan fingerprint density at radius 2 is 2.29 bits per heavy atom. The van der Waals surface area contributed by atoms with Crippen LogP contribution in [0.4, 0.5) is 0 Å². The van der Waals surface area contributed by atoms with Gasteiger partial charge in [-0.25, -0.2) is 9.78 Å². The molecular weight excluding hydrogens is 230 g/mol. The van der Waals surface area contributed by atoms with E-state index >= 15 is 0 Å². The second kappa shape index (κ2) is 4.20. The lowest BCUT2D eigenvalue weighted by atomic mass is 10.2. The van der Waals surface area contributed by atoms with Gasteiger partial charge in [-0.15, -0.1) is 0 Å². The Morgan fingerprint density at radius 1 is 1.53 bits per heavy atom. The molecule has 9 heteroatoms. The molecule has 0 radical (unpaired) electrons. The number of rotatable bonds is 2. The summed E-state index contributed by atoms with van der Waals surface area (Å²) in [7, 11) is 0. The van der Waals surface area contributed by atoms with E-state index in [1.807, 2.05) is 0 Å². The van der Waals surface area contributed by atoms with Crippen LogP contribution in [-0.4, -0.2) is 62.1 Å². The number of carbonyl (C=O) groups is 3. The minimum Gasteiger partial charge on any atom is -0.480 e. The Balaban J connectivity index is 2.23. The van der Waals surface area contributed by atoms with Gasteiger partial charge < -0.3 is 15.3 Å². The van der Waals surface area contributed by atoms with Crippen molar-refractivity contribution in [2.45, 2.75) is 6.04 Å². The van der Waals surface area contributed by atoms with Gasteiger partial charge in [-0.2, -0.15) is 5.10 Å². The van der Waals surface area contributed by atoms with E-state index < -0.39 is 23.8 Å². The van der Waals surface area contributed by atoms with Crippen molar-refractivity contribution in [3.8, 4) is 0 Å². The maximum atomic E-state index is 11.9. The standard InChI is InChI=1S/C8H9N5O4/c14-5-2-13(4(1-9-5)8(16)17)7(15)6-10-3-11-12-6/h3-4H,1-2H2,(H,9,14)(H,16,17)(H,10,11,12). The molecule has 0 aliphatic carbocycles. The van der Waals surface area contributed by atoms with Crippen LogP contribution < -0.4 is 5.32 Å². The summed E-state index contributed by atoms with van der Waals surface area (Å²) in [6.07, 6.45) is 1.13. The van der Waals surface area contributed by atoms with Gasteiger partial charge in [0.15, 0.2) is 0 Å². The number of H-pyrrole nitrogens is 1. The number of nitrogens with zero attached hydrogens (tertiary/aromatic N) is 3. The van der Waals surface area contributed by atoms with Crippen LogP contribution in [0.3, 0.4) is 0 Å². The molecule has 0 aromatic carbocycles. The van der Waals surface area contributed by atoms with Crippen LogP contribution in [0.2, 0.25) is 0 Å². The SMILES string of the molecule is O=C1CN(C(=O)c2ncn[nH]2)C(C(=O)O)CN1. The molecule has 1 aromatic rings. The number of carbonyl (C=O) groups excluding carboxylic acids is 2. The molecule has 1 aromatic heterocycles. The molecule has 1 saturated heterocycles. The van der Waals surface area contributed by atoms with Crippen LogP contribution in [0.25, 0.3) is 0 Å². The first-order valence-electron chi connectivity index (χ1n) is 4.75.